The lowest BCUT2D eigenvalue weighted by Gasteiger charge is -2.00. The summed E-state index contributed by atoms with van der Waals surface area (Å²) in [6, 6.07) is 9.86. The van der Waals surface area contributed by atoms with Gasteiger partial charge in [-0.15, -0.1) is 0 Å². The van der Waals surface area contributed by atoms with Crippen molar-refractivity contribution in [1.82, 2.24) is 15.0 Å². The Balaban J connectivity index is 1.98. The van der Waals surface area contributed by atoms with Gasteiger partial charge in [0.1, 0.15) is 5.69 Å². The quantitative estimate of drug-likeness (QED) is 0.591. The molecule has 0 aliphatic heterocycles. The van der Waals surface area contributed by atoms with Crippen LogP contribution in [0, 0.1) is 6.92 Å². The Kier molecular flexibility index (Phi) is 2.53. The molecular weight excluding hydrogens is 282 g/mol. The van der Waals surface area contributed by atoms with Gasteiger partial charge in [0.05, 0.1) is 17.4 Å². The Morgan fingerprint density at radius 2 is 2.09 bits per heavy atom. The number of carboxylic acids is 1. The van der Waals surface area contributed by atoms with E-state index in [1.807, 2.05) is 37.3 Å². The van der Waals surface area contributed by atoms with Crippen LogP contribution in [0.15, 0.2) is 40.9 Å². The molecule has 22 heavy (non-hydrogen) atoms. The van der Waals surface area contributed by atoms with Crippen molar-refractivity contribution in [3.05, 3.63) is 48.1 Å². The van der Waals surface area contributed by atoms with E-state index in [-0.39, 0.29) is 5.89 Å². The smallest absolute Gasteiger partial charge is 0.392 e. The van der Waals surface area contributed by atoms with Gasteiger partial charge in [-0.1, -0.05) is 18.2 Å². The third-order valence-electron chi connectivity index (χ3n) is 3.62. The topological polar surface area (TPSA) is 92.0 Å². The molecule has 108 valence electrons. The number of oxazole rings is 1. The van der Waals surface area contributed by atoms with Crippen molar-refractivity contribution in [2.75, 3.05) is 0 Å². The standard InChI is InChI=1S/C16H11N3O3/c1-8-14-10(9-4-2-3-5-11(9)19-14)6-12(18-8)13-7-17-15(22-13)16(20)21/h2-7,19H,1H3,(H,20,21). The van der Waals surface area contributed by atoms with Crippen LogP contribution in [-0.4, -0.2) is 26.0 Å². The third kappa shape index (κ3) is 1.77. The molecule has 4 rings (SSSR count). The van der Waals surface area contributed by atoms with Gasteiger partial charge >= 0.3 is 11.9 Å². The molecule has 6 nitrogen and oxygen atoms in total. The molecule has 4 aromatic rings. The van der Waals surface area contributed by atoms with Gasteiger partial charge in [0, 0.05) is 16.3 Å². The van der Waals surface area contributed by atoms with Gasteiger partial charge in [-0.25, -0.2) is 14.8 Å². The third-order valence-corrected chi connectivity index (χ3v) is 3.62. The first-order valence-corrected chi connectivity index (χ1v) is 6.71. The Labute approximate surface area is 124 Å². The number of nitrogens with zero attached hydrogens (tertiary/aromatic N) is 2. The second kappa shape index (κ2) is 4.42. The number of aromatic nitrogens is 3. The van der Waals surface area contributed by atoms with Crippen molar-refractivity contribution < 1.29 is 14.3 Å². The van der Waals surface area contributed by atoms with E-state index in [0.717, 1.165) is 27.5 Å². The molecule has 0 unspecified atom stereocenters. The number of rotatable bonds is 2. The number of hydrogen-bond acceptors (Lipinski definition) is 4. The molecule has 0 fully saturated rings. The van der Waals surface area contributed by atoms with Crippen molar-refractivity contribution in [2.24, 2.45) is 0 Å². The van der Waals surface area contributed by atoms with Crippen LogP contribution in [0.25, 0.3) is 33.3 Å². The molecule has 6 heteroatoms. The number of H-pyrrole nitrogens is 1. The first-order chi connectivity index (χ1) is 10.6. The van der Waals surface area contributed by atoms with Crippen LogP contribution in [0.2, 0.25) is 0 Å². The number of hydrogen-bond donors (Lipinski definition) is 2. The zero-order valence-electron chi connectivity index (χ0n) is 11.6. The summed E-state index contributed by atoms with van der Waals surface area (Å²) in [5, 5.41) is 11.0. The monoisotopic (exact) mass is 293 g/mol. The van der Waals surface area contributed by atoms with Gasteiger partial charge in [0.2, 0.25) is 0 Å². The summed E-state index contributed by atoms with van der Waals surface area (Å²) in [6.07, 6.45) is 1.38. The van der Waals surface area contributed by atoms with E-state index >= 15 is 0 Å². The number of carboxylic acid groups (broad SMARTS) is 1. The Morgan fingerprint density at radius 1 is 1.27 bits per heavy atom. The van der Waals surface area contributed by atoms with E-state index in [2.05, 4.69) is 15.0 Å². The highest BCUT2D eigenvalue weighted by Gasteiger charge is 2.16. The van der Waals surface area contributed by atoms with Gasteiger partial charge in [-0.2, -0.15) is 0 Å². The van der Waals surface area contributed by atoms with E-state index in [9.17, 15) is 4.79 Å². The van der Waals surface area contributed by atoms with Crippen LogP contribution in [0.4, 0.5) is 0 Å². The second-order valence-electron chi connectivity index (χ2n) is 5.02. The lowest BCUT2D eigenvalue weighted by Crippen LogP contribution is -1.94. The summed E-state index contributed by atoms with van der Waals surface area (Å²) in [6.45, 7) is 1.90. The number of para-hydroxylation sites is 1. The van der Waals surface area contributed by atoms with Gasteiger partial charge in [-0.3, -0.25) is 0 Å². The number of benzene rings is 1. The highest BCUT2D eigenvalue weighted by molar-refractivity contribution is 6.08. The van der Waals surface area contributed by atoms with E-state index in [1.54, 1.807) is 0 Å². The predicted molar refractivity (Wildman–Crippen MR) is 80.8 cm³/mol. The molecule has 0 atom stereocenters. The number of nitrogens with one attached hydrogen (secondary N) is 1. The summed E-state index contributed by atoms with van der Waals surface area (Å²) in [5.41, 5.74) is 3.37. The van der Waals surface area contributed by atoms with Gasteiger partial charge in [0.15, 0.2) is 5.76 Å². The highest BCUT2D eigenvalue weighted by Crippen LogP contribution is 2.30. The fourth-order valence-corrected chi connectivity index (χ4v) is 2.62. The van der Waals surface area contributed by atoms with Crippen LogP contribution >= 0.6 is 0 Å². The SMILES string of the molecule is Cc1nc(-c2cnc(C(=O)O)o2)cc2c1[nH]c1ccccc12. The number of fused-ring (bicyclic) bond motifs is 3. The summed E-state index contributed by atoms with van der Waals surface area (Å²) in [5.74, 6) is -1.20. The Morgan fingerprint density at radius 3 is 2.86 bits per heavy atom. The maximum absolute atomic E-state index is 10.9. The van der Waals surface area contributed by atoms with E-state index in [4.69, 9.17) is 9.52 Å². The zero-order chi connectivity index (χ0) is 15.3. The van der Waals surface area contributed by atoms with Crippen molar-refractivity contribution in [2.45, 2.75) is 6.92 Å². The molecule has 0 bridgehead atoms. The molecule has 0 spiro atoms. The first-order valence-electron chi connectivity index (χ1n) is 6.71. The van der Waals surface area contributed by atoms with Gasteiger partial charge in [-0.05, 0) is 19.1 Å². The summed E-state index contributed by atoms with van der Waals surface area (Å²) < 4.78 is 5.24. The number of aromatic carboxylic acids is 1. The van der Waals surface area contributed by atoms with Crippen LogP contribution < -0.4 is 0 Å². The van der Waals surface area contributed by atoms with Crippen LogP contribution in [0.1, 0.15) is 16.4 Å². The average Bonchev–Trinajstić information content (AvgIpc) is 3.12. The maximum atomic E-state index is 10.9. The molecule has 0 radical (unpaired) electrons. The molecule has 3 aromatic heterocycles. The van der Waals surface area contributed by atoms with Crippen LogP contribution in [-0.2, 0) is 0 Å². The van der Waals surface area contributed by atoms with Crippen LogP contribution in [0.3, 0.4) is 0 Å². The Hall–Kier alpha value is -3.15. The van der Waals surface area contributed by atoms with Gasteiger partial charge < -0.3 is 14.5 Å². The van der Waals surface area contributed by atoms with Crippen molar-refractivity contribution in [3.63, 3.8) is 0 Å². The average molecular weight is 293 g/mol. The van der Waals surface area contributed by atoms with E-state index in [0.29, 0.717) is 11.5 Å². The van der Waals surface area contributed by atoms with Crippen molar-refractivity contribution in [3.8, 4) is 11.5 Å². The molecule has 0 aliphatic carbocycles. The summed E-state index contributed by atoms with van der Waals surface area (Å²) in [4.78, 5) is 22.4. The second-order valence-corrected chi connectivity index (χ2v) is 5.02. The highest BCUT2D eigenvalue weighted by atomic mass is 16.4. The predicted octanol–water partition coefficient (Wildman–Crippen LogP) is 3.38. The lowest BCUT2D eigenvalue weighted by atomic mass is 10.1. The molecule has 3 heterocycles. The molecule has 0 saturated carbocycles. The first kappa shape index (κ1) is 12.6. The normalized spacial score (nSPS) is 11.3. The molecular formula is C16H11N3O3. The number of aromatic amines is 1. The largest absolute Gasteiger partial charge is 0.474 e. The number of pyridine rings is 1. The minimum Gasteiger partial charge on any atom is -0.474 e. The summed E-state index contributed by atoms with van der Waals surface area (Å²) in [7, 11) is 0. The molecule has 0 amide bonds. The maximum Gasteiger partial charge on any atom is 0.392 e. The zero-order valence-corrected chi connectivity index (χ0v) is 11.6. The minimum atomic E-state index is -1.20. The number of carbonyl (C=O) groups is 1. The van der Waals surface area contributed by atoms with Crippen molar-refractivity contribution in [1.29, 1.82) is 0 Å². The van der Waals surface area contributed by atoms with Crippen molar-refractivity contribution >= 4 is 27.8 Å². The summed E-state index contributed by atoms with van der Waals surface area (Å²) >= 11 is 0. The van der Waals surface area contributed by atoms with Gasteiger partial charge in [0.25, 0.3) is 0 Å². The lowest BCUT2D eigenvalue weighted by molar-refractivity contribution is 0.0654. The Bertz CT molecular complexity index is 1030. The van der Waals surface area contributed by atoms with E-state index in [1.165, 1.54) is 6.20 Å². The molecule has 1 aromatic carbocycles. The van der Waals surface area contributed by atoms with E-state index < -0.39 is 5.97 Å². The fourth-order valence-electron chi connectivity index (χ4n) is 2.62. The molecule has 2 N–H and O–H groups in total. The molecule has 0 aliphatic rings. The minimum absolute atomic E-state index is 0.339. The molecule has 0 saturated heterocycles. The fraction of sp³-hybridized carbons (Fsp3) is 0.0625. The van der Waals surface area contributed by atoms with Crippen LogP contribution in [0.5, 0.6) is 0 Å². The number of aryl methyl sites for hydroxylation is 1.